The molecule has 0 spiro atoms. The molecule has 2 atom stereocenters. The van der Waals surface area contributed by atoms with Crippen LogP contribution in [0.3, 0.4) is 0 Å². The number of benzene rings is 1. The molecule has 2 rings (SSSR count). The third-order valence-electron chi connectivity index (χ3n) is 2.48. The fourth-order valence-corrected chi connectivity index (χ4v) is 2.34. The van der Waals surface area contributed by atoms with Crippen LogP contribution in [0.2, 0.25) is 0 Å². The normalized spacial score (nSPS) is 25.0. The zero-order valence-electron chi connectivity index (χ0n) is 7.75. The molecule has 1 aliphatic rings. The number of hydrogen-bond acceptors (Lipinski definition) is 1. The van der Waals surface area contributed by atoms with Gasteiger partial charge in [0.15, 0.2) is 0 Å². The summed E-state index contributed by atoms with van der Waals surface area (Å²) in [7, 11) is 0. The molecule has 0 heterocycles. The molecule has 1 nitrogen and oxygen atoms in total. The molecule has 2 unspecified atom stereocenters. The first-order chi connectivity index (χ1) is 6.83. The maximum atomic E-state index is 6.21. The lowest BCUT2D eigenvalue weighted by Gasteiger charge is -2.15. The Labute approximate surface area is 94.0 Å². The van der Waals surface area contributed by atoms with E-state index in [9.17, 15) is 0 Å². The summed E-state index contributed by atoms with van der Waals surface area (Å²) < 4.78 is 5.63. The van der Waals surface area contributed by atoms with Crippen molar-refractivity contribution in [3.8, 4) is 0 Å². The van der Waals surface area contributed by atoms with E-state index in [2.05, 4.69) is 12.1 Å². The molecule has 76 valence electrons. The van der Waals surface area contributed by atoms with Crippen LogP contribution < -0.4 is 0 Å². The van der Waals surface area contributed by atoms with E-state index >= 15 is 0 Å². The second-order valence-electron chi connectivity index (χ2n) is 3.40. The van der Waals surface area contributed by atoms with Gasteiger partial charge in [0, 0.05) is 5.88 Å². The Balaban J connectivity index is 2.17. The summed E-state index contributed by atoms with van der Waals surface area (Å²) in [5.41, 5.74) is 2.52. The summed E-state index contributed by atoms with van der Waals surface area (Å²) in [6, 6.07) is 8.24. The van der Waals surface area contributed by atoms with Crippen LogP contribution in [0.25, 0.3) is 0 Å². The minimum atomic E-state index is 0.0200. The third-order valence-corrected chi connectivity index (χ3v) is 3.02. The van der Waals surface area contributed by atoms with Crippen molar-refractivity contribution in [3.05, 3.63) is 35.4 Å². The molecule has 1 aliphatic carbocycles. The predicted octanol–water partition coefficient (Wildman–Crippen LogP) is 3.15. The Bertz CT molecular complexity index is 314. The van der Waals surface area contributed by atoms with Crippen molar-refractivity contribution in [2.24, 2.45) is 0 Å². The smallest absolute Gasteiger partial charge is 0.0994 e. The van der Waals surface area contributed by atoms with Crippen LogP contribution in [0.4, 0.5) is 0 Å². The molecule has 0 bridgehead atoms. The van der Waals surface area contributed by atoms with Gasteiger partial charge in [-0.3, -0.25) is 0 Å². The maximum absolute atomic E-state index is 6.21. The van der Waals surface area contributed by atoms with Gasteiger partial charge in [-0.2, -0.15) is 0 Å². The highest BCUT2D eigenvalue weighted by molar-refractivity contribution is 6.21. The zero-order valence-corrected chi connectivity index (χ0v) is 9.26. The number of ether oxygens (including phenoxy) is 1. The summed E-state index contributed by atoms with van der Waals surface area (Å²) in [6.45, 7) is 0.559. The molecule has 0 saturated heterocycles. The Kier molecular flexibility index (Phi) is 3.32. The van der Waals surface area contributed by atoms with Gasteiger partial charge in [-0.05, 0) is 17.5 Å². The van der Waals surface area contributed by atoms with Gasteiger partial charge in [0.1, 0.15) is 0 Å². The summed E-state index contributed by atoms with van der Waals surface area (Å²) in [5, 5.41) is 0.0515. The minimum absolute atomic E-state index is 0.0200. The van der Waals surface area contributed by atoms with Crippen LogP contribution in [0.15, 0.2) is 24.3 Å². The van der Waals surface area contributed by atoms with Crippen molar-refractivity contribution in [2.75, 3.05) is 12.5 Å². The van der Waals surface area contributed by atoms with Crippen molar-refractivity contribution in [2.45, 2.75) is 17.9 Å². The molecule has 0 radical (unpaired) electrons. The predicted molar refractivity (Wildman–Crippen MR) is 59.2 cm³/mol. The SMILES string of the molecule is ClCCOC1c2ccccc2CC1Cl. The fourth-order valence-electron chi connectivity index (χ4n) is 1.88. The lowest BCUT2D eigenvalue weighted by atomic mass is 10.1. The summed E-state index contributed by atoms with van der Waals surface area (Å²) in [6.07, 6.45) is 0.914. The average Bonchev–Trinajstić information content (AvgIpc) is 2.51. The van der Waals surface area contributed by atoms with Crippen molar-refractivity contribution >= 4 is 23.2 Å². The highest BCUT2D eigenvalue weighted by atomic mass is 35.5. The van der Waals surface area contributed by atoms with E-state index in [1.807, 2.05) is 12.1 Å². The molecule has 14 heavy (non-hydrogen) atoms. The van der Waals surface area contributed by atoms with E-state index in [0.29, 0.717) is 12.5 Å². The van der Waals surface area contributed by atoms with Crippen LogP contribution in [0.1, 0.15) is 17.2 Å². The van der Waals surface area contributed by atoms with Crippen molar-refractivity contribution < 1.29 is 4.74 Å². The summed E-state index contributed by atoms with van der Waals surface area (Å²) >= 11 is 11.8. The van der Waals surface area contributed by atoms with E-state index in [-0.39, 0.29) is 11.5 Å². The fraction of sp³-hybridized carbons (Fsp3) is 0.455. The Morgan fingerprint density at radius 2 is 2.14 bits per heavy atom. The molecule has 0 amide bonds. The van der Waals surface area contributed by atoms with Gasteiger partial charge < -0.3 is 4.74 Å². The molecule has 3 heteroatoms. The highest BCUT2D eigenvalue weighted by Gasteiger charge is 2.31. The molecule has 0 saturated carbocycles. The standard InChI is InChI=1S/C11H12Cl2O/c12-5-6-14-11-9-4-2-1-3-8(9)7-10(11)13/h1-4,10-11H,5-7H2. The van der Waals surface area contributed by atoms with Crippen LogP contribution in [0, 0.1) is 0 Å². The van der Waals surface area contributed by atoms with Crippen LogP contribution in [-0.2, 0) is 11.2 Å². The molecule has 0 aliphatic heterocycles. The molecular weight excluding hydrogens is 219 g/mol. The average molecular weight is 231 g/mol. The molecule has 0 aromatic heterocycles. The molecule has 0 N–H and O–H groups in total. The van der Waals surface area contributed by atoms with Gasteiger partial charge in [0.05, 0.1) is 18.1 Å². The van der Waals surface area contributed by atoms with Gasteiger partial charge in [0.2, 0.25) is 0 Å². The van der Waals surface area contributed by atoms with Gasteiger partial charge >= 0.3 is 0 Å². The third kappa shape index (κ3) is 1.90. The minimum Gasteiger partial charge on any atom is -0.371 e. The lowest BCUT2D eigenvalue weighted by molar-refractivity contribution is 0.0680. The van der Waals surface area contributed by atoms with Gasteiger partial charge in [-0.15, -0.1) is 23.2 Å². The van der Waals surface area contributed by atoms with Crippen molar-refractivity contribution in [3.63, 3.8) is 0 Å². The number of fused-ring (bicyclic) bond motifs is 1. The number of rotatable bonds is 3. The molecule has 0 fully saturated rings. The quantitative estimate of drug-likeness (QED) is 0.726. The molecule has 1 aromatic rings. The lowest BCUT2D eigenvalue weighted by Crippen LogP contribution is -2.12. The van der Waals surface area contributed by atoms with Gasteiger partial charge in [-0.25, -0.2) is 0 Å². The first-order valence-electron chi connectivity index (χ1n) is 4.72. The van der Waals surface area contributed by atoms with E-state index in [1.165, 1.54) is 11.1 Å². The second kappa shape index (κ2) is 4.52. The Morgan fingerprint density at radius 1 is 1.36 bits per heavy atom. The van der Waals surface area contributed by atoms with Crippen LogP contribution in [0.5, 0.6) is 0 Å². The first-order valence-corrected chi connectivity index (χ1v) is 5.69. The van der Waals surface area contributed by atoms with E-state index in [1.54, 1.807) is 0 Å². The summed E-state index contributed by atoms with van der Waals surface area (Å²) in [4.78, 5) is 0. The van der Waals surface area contributed by atoms with Crippen LogP contribution in [-0.4, -0.2) is 17.9 Å². The monoisotopic (exact) mass is 230 g/mol. The van der Waals surface area contributed by atoms with Crippen molar-refractivity contribution in [1.29, 1.82) is 0 Å². The number of hydrogen-bond donors (Lipinski definition) is 0. The van der Waals surface area contributed by atoms with Crippen LogP contribution >= 0.6 is 23.2 Å². The van der Waals surface area contributed by atoms with Gasteiger partial charge in [-0.1, -0.05) is 24.3 Å². The van der Waals surface area contributed by atoms with E-state index in [4.69, 9.17) is 27.9 Å². The van der Waals surface area contributed by atoms with E-state index < -0.39 is 0 Å². The van der Waals surface area contributed by atoms with Gasteiger partial charge in [0.25, 0.3) is 0 Å². The second-order valence-corrected chi connectivity index (χ2v) is 4.34. The largest absolute Gasteiger partial charge is 0.371 e. The number of halogens is 2. The molecule has 1 aromatic carbocycles. The zero-order chi connectivity index (χ0) is 9.97. The maximum Gasteiger partial charge on any atom is 0.0994 e. The Hall–Kier alpha value is -0.240. The topological polar surface area (TPSA) is 9.23 Å². The Morgan fingerprint density at radius 3 is 2.93 bits per heavy atom. The van der Waals surface area contributed by atoms with Crippen molar-refractivity contribution in [1.82, 2.24) is 0 Å². The highest BCUT2D eigenvalue weighted by Crippen LogP contribution is 2.37. The first kappa shape index (κ1) is 10.3. The molecular formula is C11H12Cl2O. The number of alkyl halides is 2. The summed E-state index contributed by atoms with van der Waals surface area (Å²) in [5.74, 6) is 0.516. The van der Waals surface area contributed by atoms with E-state index in [0.717, 1.165) is 6.42 Å².